The molecule has 3 N–H and O–H groups in total. The van der Waals surface area contributed by atoms with Crippen molar-refractivity contribution >= 4 is 17.3 Å². The molecule has 2 aromatic carbocycles. The smallest absolute Gasteiger partial charge is 0.247 e. The van der Waals surface area contributed by atoms with E-state index in [-0.39, 0.29) is 6.42 Å². The number of para-hydroxylation sites is 2. The number of rotatable bonds is 4. The summed E-state index contributed by atoms with van der Waals surface area (Å²) >= 11 is 0. The van der Waals surface area contributed by atoms with Gasteiger partial charge in [0.05, 0.1) is 6.42 Å². The summed E-state index contributed by atoms with van der Waals surface area (Å²) < 4.78 is 0. The third-order valence-corrected chi connectivity index (χ3v) is 3.23. The van der Waals surface area contributed by atoms with Gasteiger partial charge >= 0.3 is 0 Å². The molecule has 0 saturated heterocycles. The molecule has 0 aliphatic heterocycles. The van der Waals surface area contributed by atoms with Gasteiger partial charge in [0, 0.05) is 11.4 Å². The Bertz CT molecular complexity index is 603. The molecule has 0 aromatic heterocycles. The zero-order valence-corrected chi connectivity index (χ0v) is 11.6. The average Bonchev–Trinajstić information content (AvgIpc) is 2.44. The van der Waals surface area contributed by atoms with Gasteiger partial charge in [-0.05, 0) is 36.6 Å². The summed E-state index contributed by atoms with van der Waals surface area (Å²) in [5.74, 6) is -0.430. The van der Waals surface area contributed by atoms with E-state index < -0.39 is 5.91 Å². The molecule has 0 heterocycles. The Kier molecular flexibility index (Phi) is 4.38. The molecule has 104 valence electrons. The number of hydroxylamine groups is 1. The Balaban J connectivity index is 2.32. The van der Waals surface area contributed by atoms with Crippen molar-refractivity contribution in [2.45, 2.75) is 20.3 Å². The van der Waals surface area contributed by atoms with Crippen LogP contribution in [0.15, 0.2) is 42.5 Å². The van der Waals surface area contributed by atoms with E-state index in [0.717, 1.165) is 28.1 Å². The average molecular weight is 270 g/mol. The van der Waals surface area contributed by atoms with E-state index >= 15 is 0 Å². The van der Waals surface area contributed by atoms with Gasteiger partial charge in [-0.15, -0.1) is 0 Å². The lowest BCUT2D eigenvalue weighted by molar-refractivity contribution is -0.128. The first kappa shape index (κ1) is 14.1. The van der Waals surface area contributed by atoms with Gasteiger partial charge in [0.2, 0.25) is 5.91 Å². The standard InChI is InChI=1S/C16H18N2O2/c1-11-6-5-7-12(2)16(11)17-14-9-4-3-8-13(14)10-15(19)18-20/h3-9,17,20H,10H2,1-2H3,(H,18,19). The molecule has 1 amide bonds. The van der Waals surface area contributed by atoms with Crippen LogP contribution in [0.5, 0.6) is 0 Å². The number of anilines is 2. The molecule has 0 unspecified atom stereocenters. The molecular weight excluding hydrogens is 252 g/mol. The zero-order chi connectivity index (χ0) is 14.5. The first-order valence-electron chi connectivity index (χ1n) is 6.46. The number of benzene rings is 2. The van der Waals surface area contributed by atoms with Gasteiger partial charge in [0.25, 0.3) is 0 Å². The van der Waals surface area contributed by atoms with Crippen molar-refractivity contribution in [2.24, 2.45) is 0 Å². The zero-order valence-electron chi connectivity index (χ0n) is 11.6. The molecule has 0 bridgehead atoms. The number of hydrogen-bond acceptors (Lipinski definition) is 3. The van der Waals surface area contributed by atoms with Crippen LogP contribution in [-0.4, -0.2) is 11.1 Å². The molecule has 0 radical (unpaired) electrons. The summed E-state index contributed by atoms with van der Waals surface area (Å²) in [6.07, 6.45) is 0.130. The number of amides is 1. The van der Waals surface area contributed by atoms with Crippen LogP contribution in [0, 0.1) is 13.8 Å². The predicted octanol–water partition coefficient (Wildman–Crippen LogP) is 3.09. The topological polar surface area (TPSA) is 61.4 Å². The van der Waals surface area contributed by atoms with Crippen molar-refractivity contribution < 1.29 is 10.0 Å². The molecule has 0 atom stereocenters. The second-order valence-electron chi connectivity index (χ2n) is 4.76. The minimum Gasteiger partial charge on any atom is -0.355 e. The molecule has 4 heteroatoms. The highest BCUT2D eigenvalue weighted by Gasteiger charge is 2.09. The molecule has 0 fully saturated rings. The van der Waals surface area contributed by atoms with E-state index in [2.05, 4.69) is 5.32 Å². The van der Waals surface area contributed by atoms with Crippen LogP contribution >= 0.6 is 0 Å². The minimum atomic E-state index is -0.430. The molecule has 20 heavy (non-hydrogen) atoms. The van der Waals surface area contributed by atoms with E-state index in [0.29, 0.717) is 0 Å². The quantitative estimate of drug-likeness (QED) is 0.591. The highest BCUT2D eigenvalue weighted by molar-refractivity contribution is 5.80. The normalized spacial score (nSPS) is 10.2. The van der Waals surface area contributed by atoms with Crippen molar-refractivity contribution in [3.8, 4) is 0 Å². The van der Waals surface area contributed by atoms with Crippen molar-refractivity contribution in [1.82, 2.24) is 5.48 Å². The van der Waals surface area contributed by atoms with E-state index in [9.17, 15) is 4.79 Å². The summed E-state index contributed by atoms with van der Waals surface area (Å²) in [5.41, 5.74) is 6.70. The molecular formula is C16H18N2O2. The van der Waals surface area contributed by atoms with E-state index in [1.807, 2.05) is 56.3 Å². The van der Waals surface area contributed by atoms with Crippen LogP contribution in [-0.2, 0) is 11.2 Å². The van der Waals surface area contributed by atoms with Crippen molar-refractivity contribution in [3.63, 3.8) is 0 Å². The van der Waals surface area contributed by atoms with Crippen LogP contribution < -0.4 is 10.8 Å². The van der Waals surface area contributed by atoms with E-state index in [4.69, 9.17) is 5.21 Å². The lowest BCUT2D eigenvalue weighted by Crippen LogP contribution is -2.21. The number of carbonyl (C=O) groups is 1. The maximum Gasteiger partial charge on any atom is 0.247 e. The summed E-state index contributed by atoms with van der Waals surface area (Å²) in [4.78, 5) is 11.3. The molecule has 2 aromatic rings. The molecule has 0 saturated carbocycles. The van der Waals surface area contributed by atoms with Crippen molar-refractivity contribution in [1.29, 1.82) is 0 Å². The van der Waals surface area contributed by atoms with Gasteiger partial charge in [0.15, 0.2) is 0 Å². The maximum absolute atomic E-state index is 11.3. The number of nitrogens with one attached hydrogen (secondary N) is 2. The summed E-state index contributed by atoms with van der Waals surface area (Å²) in [5, 5.41) is 12.0. The Morgan fingerprint density at radius 2 is 1.70 bits per heavy atom. The largest absolute Gasteiger partial charge is 0.355 e. The highest BCUT2D eigenvalue weighted by atomic mass is 16.5. The van der Waals surface area contributed by atoms with Crippen LogP contribution in [0.1, 0.15) is 16.7 Å². The van der Waals surface area contributed by atoms with Gasteiger partial charge in [-0.2, -0.15) is 0 Å². The Morgan fingerprint density at radius 3 is 2.35 bits per heavy atom. The molecule has 2 rings (SSSR count). The Labute approximate surface area is 118 Å². The van der Waals surface area contributed by atoms with Crippen LogP contribution in [0.3, 0.4) is 0 Å². The first-order valence-corrected chi connectivity index (χ1v) is 6.46. The SMILES string of the molecule is Cc1cccc(C)c1Nc1ccccc1CC(=O)NO. The Morgan fingerprint density at radius 1 is 1.05 bits per heavy atom. The fourth-order valence-corrected chi connectivity index (χ4v) is 2.16. The minimum absolute atomic E-state index is 0.130. The predicted molar refractivity (Wildman–Crippen MR) is 79.3 cm³/mol. The fraction of sp³-hybridized carbons (Fsp3) is 0.188. The number of hydrogen-bond donors (Lipinski definition) is 3. The second-order valence-corrected chi connectivity index (χ2v) is 4.76. The van der Waals surface area contributed by atoms with Crippen molar-refractivity contribution in [3.05, 3.63) is 59.2 Å². The molecule has 0 aliphatic rings. The van der Waals surface area contributed by atoms with Crippen LogP contribution in [0.2, 0.25) is 0 Å². The van der Waals surface area contributed by atoms with Gasteiger partial charge in [-0.1, -0.05) is 36.4 Å². The van der Waals surface area contributed by atoms with E-state index in [1.54, 1.807) is 5.48 Å². The van der Waals surface area contributed by atoms with Crippen molar-refractivity contribution in [2.75, 3.05) is 5.32 Å². The van der Waals surface area contributed by atoms with Gasteiger partial charge < -0.3 is 5.32 Å². The van der Waals surface area contributed by atoms with Crippen LogP contribution in [0.25, 0.3) is 0 Å². The van der Waals surface area contributed by atoms with Crippen LogP contribution in [0.4, 0.5) is 11.4 Å². The number of aryl methyl sites for hydroxylation is 2. The summed E-state index contributed by atoms with van der Waals surface area (Å²) in [6, 6.07) is 13.7. The second kappa shape index (κ2) is 6.21. The molecule has 4 nitrogen and oxygen atoms in total. The van der Waals surface area contributed by atoms with Gasteiger partial charge in [0.1, 0.15) is 0 Å². The van der Waals surface area contributed by atoms with Gasteiger partial charge in [-0.3, -0.25) is 10.0 Å². The van der Waals surface area contributed by atoms with Gasteiger partial charge in [-0.25, -0.2) is 5.48 Å². The summed E-state index contributed by atoms with van der Waals surface area (Å²) in [6.45, 7) is 4.08. The lowest BCUT2D eigenvalue weighted by Gasteiger charge is -2.15. The molecule has 0 spiro atoms. The van der Waals surface area contributed by atoms with E-state index in [1.165, 1.54) is 0 Å². The number of carbonyl (C=O) groups excluding carboxylic acids is 1. The monoisotopic (exact) mass is 270 g/mol. The highest BCUT2D eigenvalue weighted by Crippen LogP contribution is 2.26. The lowest BCUT2D eigenvalue weighted by atomic mass is 10.1. The third-order valence-electron chi connectivity index (χ3n) is 3.23. The third kappa shape index (κ3) is 3.16. The fourth-order valence-electron chi connectivity index (χ4n) is 2.16. The summed E-state index contributed by atoms with van der Waals surface area (Å²) in [7, 11) is 0. The maximum atomic E-state index is 11.3. The molecule has 0 aliphatic carbocycles. The first-order chi connectivity index (χ1) is 9.61. The Hall–Kier alpha value is -2.33.